The van der Waals surface area contributed by atoms with E-state index in [1.807, 2.05) is 18.2 Å². The standard InChI is InChI=1S/C44H50ClF2N5O8S/c1-59-36-15-14-31-37(23-33(49-40(31)39(36)45)32-11-7-8-18-48-32)60-29-22-34-35(53)25-43(42(56)50-61(57,58)30-12-13-30)24-28(43)10-6-4-2-3-5-9-27(41(55)52(34)26-29)21-38(54)51-19-16-44(46,47)17-20-51/h6-8,10-11,14-15,18,23,27-30,34H,2-5,9,12-13,16-17,19-22,24-26H2,1H3,(H,50,56)/b10-6-/t27-,28-,29-,34+,43-/m1/s1. The zero-order valence-electron chi connectivity index (χ0n) is 34.0. The molecule has 8 rings (SSSR count). The van der Waals surface area contributed by atoms with Crippen LogP contribution in [0.15, 0.2) is 54.7 Å². The van der Waals surface area contributed by atoms with Crippen molar-refractivity contribution in [2.75, 3.05) is 26.7 Å². The Hall–Kier alpha value is -4.70. The van der Waals surface area contributed by atoms with Crippen molar-refractivity contribution in [2.24, 2.45) is 17.3 Å². The second-order valence-corrected chi connectivity index (χ2v) is 19.5. The molecule has 0 radical (unpaired) electrons. The number of nitrogens with zero attached hydrogens (tertiary/aromatic N) is 4. The molecule has 0 bridgehead atoms. The number of fused-ring (bicyclic) bond motifs is 3. The molecule has 5 aliphatic rings. The minimum absolute atomic E-state index is 0.0393. The highest BCUT2D eigenvalue weighted by atomic mass is 35.5. The smallest absolute Gasteiger partial charge is 0.251 e. The molecule has 3 aromatic rings. The Morgan fingerprint density at radius 1 is 1.02 bits per heavy atom. The second-order valence-electron chi connectivity index (χ2n) is 17.2. The lowest BCUT2D eigenvalue weighted by Crippen LogP contribution is -2.48. The highest BCUT2D eigenvalue weighted by Gasteiger charge is 2.61. The van der Waals surface area contributed by atoms with Crippen LogP contribution in [0.3, 0.4) is 0 Å². The Bertz CT molecular complexity index is 2340. The van der Waals surface area contributed by atoms with Gasteiger partial charge in [0, 0.05) is 68.8 Å². The highest BCUT2D eigenvalue weighted by Crippen LogP contribution is 2.57. The van der Waals surface area contributed by atoms with E-state index in [-0.39, 0.29) is 56.3 Å². The first kappa shape index (κ1) is 43.0. The monoisotopic (exact) mass is 881 g/mol. The number of likely N-dealkylation sites (tertiary alicyclic amines) is 1. The summed E-state index contributed by atoms with van der Waals surface area (Å²) in [4.78, 5) is 69.3. The van der Waals surface area contributed by atoms with E-state index in [2.05, 4.69) is 9.71 Å². The number of methoxy groups -OCH3 is 1. The predicted octanol–water partition coefficient (Wildman–Crippen LogP) is 6.67. The number of pyridine rings is 2. The molecule has 326 valence electrons. The van der Waals surface area contributed by atoms with Crippen LogP contribution in [0, 0.1) is 17.3 Å². The lowest BCUT2D eigenvalue weighted by Gasteiger charge is -2.33. The van der Waals surface area contributed by atoms with Gasteiger partial charge in [-0.3, -0.25) is 28.9 Å². The molecule has 0 unspecified atom stereocenters. The van der Waals surface area contributed by atoms with Crippen molar-refractivity contribution in [3.05, 3.63) is 59.8 Å². The molecule has 5 heterocycles. The van der Waals surface area contributed by atoms with E-state index in [4.69, 9.17) is 26.1 Å². The molecule has 1 aromatic carbocycles. The molecule has 3 amide bonds. The van der Waals surface area contributed by atoms with Crippen molar-refractivity contribution in [1.29, 1.82) is 0 Å². The van der Waals surface area contributed by atoms with Gasteiger partial charge < -0.3 is 19.3 Å². The Balaban J connectivity index is 1.13. The summed E-state index contributed by atoms with van der Waals surface area (Å²) in [6, 6.07) is 9.47. The number of halogens is 3. The highest BCUT2D eigenvalue weighted by molar-refractivity contribution is 7.90. The van der Waals surface area contributed by atoms with E-state index >= 15 is 0 Å². The number of carbonyl (C=O) groups is 4. The van der Waals surface area contributed by atoms with Gasteiger partial charge in [-0.05, 0) is 68.7 Å². The molecule has 5 atom stereocenters. The van der Waals surface area contributed by atoms with Crippen LogP contribution in [0.5, 0.6) is 11.5 Å². The summed E-state index contributed by atoms with van der Waals surface area (Å²) in [6.07, 6.45) is 7.71. The summed E-state index contributed by atoms with van der Waals surface area (Å²) in [7, 11) is -2.42. The zero-order chi connectivity index (χ0) is 43.1. The number of sulfonamides is 1. The van der Waals surface area contributed by atoms with Gasteiger partial charge in [0.05, 0.1) is 47.3 Å². The minimum atomic E-state index is -3.91. The molecule has 2 aromatic heterocycles. The predicted molar refractivity (Wildman–Crippen MR) is 222 cm³/mol. The fourth-order valence-electron chi connectivity index (χ4n) is 9.03. The van der Waals surface area contributed by atoms with Crippen molar-refractivity contribution in [3.63, 3.8) is 0 Å². The van der Waals surface area contributed by atoms with Gasteiger partial charge in [0.2, 0.25) is 27.7 Å². The van der Waals surface area contributed by atoms with Crippen LogP contribution >= 0.6 is 11.6 Å². The first-order valence-corrected chi connectivity index (χ1v) is 23.1. The summed E-state index contributed by atoms with van der Waals surface area (Å²) in [5, 5.41) is 0.152. The van der Waals surface area contributed by atoms with Crippen molar-refractivity contribution in [2.45, 2.75) is 107 Å². The van der Waals surface area contributed by atoms with E-state index < -0.39 is 81.0 Å². The number of ketones is 1. The molecule has 17 heteroatoms. The van der Waals surface area contributed by atoms with Crippen LogP contribution in [0.1, 0.15) is 83.5 Å². The SMILES string of the molecule is COc1ccc2c(O[C@@H]3C[C@H]4C(=O)C[C@]5(C(=O)NS(=O)(=O)C6CC6)C[C@H]5/C=C\CCCCC[C@H](CC(=O)N5CCC(F)(F)CC5)C(=O)N4C3)cc(-c3ccccn3)nc2c1Cl. The lowest BCUT2D eigenvalue weighted by atomic mass is 9.90. The van der Waals surface area contributed by atoms with Crippen LogP contribution in [0.2, 0.25) is 5.02 Å². The topological polar surface area (TPSA) is 165 Å². The van der Waals surface area contributed by atoms with Crippen LogP contribution < -0.4 is 14.2 Å². The van der Waals surface area contributed by atoms with E-state index in [9.17, 15) is 36.4 Å². The number of rotatable bonds is 9. The number of ether oxygens (including phenoxy) is 2. The number of Topliss-reactive ketones (excluding diaryl/α,β-unsaturated/α-hetero) is 1. The molecule has 1 N–H and O–H groups in total. The van der Waals surface area contributed by atoms with Crippen LogP contribution in [0.25, 0.3) is 22.3 Å². The van der Waals surface area contributed by atoms with Gasteiger partial charge in [0.15, 0.2) is 5.78 Å². The maximum atomic E-state index is 14.9. The first-order chi connectivity index (χ1) is 29.2. The summed E-state index contributed by atoms with van der Waals surface area (Å²) >= 11 is 6.80. The quantitative estimate of drug-likeness (QED) is 0.230. The van der Waals surface area contributed by atoms with E-state index in [0.29, 0.717) is 65.9 Å². The molecule has 13 nitrogen and oxygen atoms in total. The number of piperidine rings is 1. The number of aromatic nitrogens is 2. The number of allylic oxidation sites excluding steroid dienone is 2. The van der Waals surface area contributed by atoms with Crippen LogP contribution in [-0.4, -0.2) is 102 Å². The van der Waals surface area contributed by atoms with E-state index in [0.717, 1.165) is 12.8 Å². The Kier molecular flexibility index (Phi) is 12.1. The number of alkyl halides is 2. The minimum Gasteiger partial charge on any atom is -0.495 e. The fourth-order valence-corrected chi connectivity index (χ4v) is 10.7. The molecule has 0 spiro atoms. The summed E-state index contributed by atoms with van der Waals surface area (Å²) in [6.45, 7) is -0.267. The van der Waals surface area contributed by atoms with Crippen LogP contribution in [-0.2, 0) is 29.2 Å². The van der Waals surface area contributed by atoms with Gasteiger partial charge >= 0.3 is 0 Å². The van der Waals surface area contributed by atoms with E-state index in [1.165, 1.54) is 16.9 Å². The number of nitrogens with one attached hydrogen (secondary N) is 1. The average molecular weight is 882 g/mol. The van der Waals surface area contributed by atoms with Gasteiger partial charge in [-0.2, -0.15) is 0 Å². The molecule has 4 fully saturated rings. The van der Waals surface area contributed by atoms with Crippen molar-refractivity contribution >= 4 is 56.0 Å². The lowest BCUT2D eigenvalue weighted by molar-refractivity contribution is -0.147. The van der Waals surface area contributed by atoms with Gasteiger partial charge in [-0.15, -0.1) is 0 Å². The Morgan fingerprint density at radius 2 is 1.80 bits per heavy atom. The summed E-state index contributed by atoms with van der Waals surface area (Å²) in [5.41, 5.74) is 0.0660. The van der Waals surface area contributed by atoms with Crippen LogP contribution in [0.4, 0.5) is 8.78 Å². The third kappa shape index (κ3) is 9.25. The normalized spacial score (nSPS) is 27.6. The Labute approximate surface area is 358 Å². The van der Waals surface area contributed by atoms with Gasteiger partial charge in [-0.25, -0.2) is 22.2 Å². The fraction of sp³-hybridized carbons (Fsp3) is 0.545. The number of hydrogen-bond donors (Lipinski definition) is 1. The molecule has 3 aliphatic heterocycles. The van der Waals surface area contributed by atoms with Crippen molar-refractivity contribution in [1.82, 2.24) is 24.5 Å². The summed E-state index contributed by atoms with van der Waals surface area (Å²) < 4.78 is 68.5. The molecule has 2 saturated heterocycles. The zero-order valence-corrected chi connectivity index (χ0v) is 35.6. The number of amides is 3. The summed E-state index contributed by atoms with van der Waals surface area (Å²) in [5.74, 6) is -5.28. The van der Waals surface area contributed by atoms with E-state index in [1.54, 1.807) is 36.5 Å². The third-order valence-corrected chi connectivity index (χ3v) is 15.1. The molecular weight excluding hydrogens is 832 g/mol. The van der Waals surface area contributed by atoms with Gasteiger partial charge in [0.1, 0.15) is 22.6 Å². The van der Waals surface area contributed by atoms with Gasteiger partial charge in [0.25, 0.3) is 5.92 Å². The maximum absolute atomic E-state index is 14.9. The first-order valence-electron chi connectivity index (χ1n) is 21.1. The number of benzene rings is 1. The second kappa shape index (κ2) is 17.2. The van der Waals surface area contributed by atoms with Gasteiger partial charge in [-0.1, -0.05) is 42.7 Å². The number of carbonyl (C=O) groups excluding carboxylic acids is 4. The van der Waals surface area contributed by atoms with Crippen molar-refractivity contribution < 1.29 is 45.9 Å². The molecule has 2 saturated carbocycles. The maximum Gasteiger partial charge on any atom is 0.251 e. The number of hydrogen-bond acceptors (Lipinski definition) is 10. The molecule has 61 heavy (non-hydrogen) atoms. The Morgan fingerprint density at radius 3 is 2.52 bits per heavy atom. The van der Waals surface area contributed by atoms with Crippen molar-refractivity contribution in [3.8, 4) is 22.9 Å². The largest absolute Gasteiger partial charge is 0.495 e. The third-order valence-electron chi connectivity index (χ3n) is 12.9. The average Bonchev–Trinajstić information content (AvgIpc) is 4.17. The molecular formula is C44H50ClF2N5O8S. The molecule has 2 aliphatic carbocycles.